The molecule has 1 aromatic heterocycles. The maximum atomic E-state index is 12.8. The summed E-state index contributed by atoms with van der Waals surface area (Å²) in [6, 6.07) is 23.6. The quantitative estimate of drug-likeness (QED) is 0.0958. The number of para-hydroxylation sites is 1. The lowest BCUT2D eigenvalue weighted by atomic mass is 10.2. The first-order valence-electron chi connectivity index (χ1n) is 12.2. The molecule has 3 aromatic carbocycles. The van der Waals surface area contributed by atoms with Gasteiger partial charge in [0, 0.05) is 18.0 Å². The standard InChI is InChI=1S/C30H29N3O4/c1-3-4-20-36-26-15-10-23(11-16-26)12-19-29(34)37-27-17-13-24(14-18-27)31-21-28-22(2)32-33(30(28)35)25-8-6-5-7-9-25/h5-19,21,32H,3-4,20H2,1-2H3/b19-12+,31-21?. The highest BCUT2D eigenvalue weighted by molar-refractivity contribution is 5.88. The Labute approximate surface area is 215 Å². The minimum atomic E-state index is -0.482. The van der Waals surface area contributed by atoms with Gasteiger partial charge in [-0.2, -0.15) is 0 Å². The molecule has 0 aliphatic heterocycles. The van der Waals surface area contributed by atoms with Gasteiger partial charge in [-0.25, -0.2) is 9.48 Å². The van der Waals surface area contributed by atoms with Crippen LogP contribution in [0.2, 0.25) is 0 Å². The Morgan fingerprint density at radius 2 is 1.68 bits per heavy atom. The Kier molecular flexibility index (Phi) is 8.49. The number of nitrogens with one attached hydrogen (secondary N) is 1. The summed E-state index contributed by atoms with van der Waals surface area (Å²) in [7, 11) is 0. The first kappa shape index (κ1) is 25.4. The van der Waals surface area contributed by atoms with Crippen LogP contribution in [0.15, 0.2) is 94.7 Å². The van der Waals surface area contributed by atoms with Crippen molar-refractivity contribution in [2.24, 2.45) is 4.99 Å². The second-order valence-corrected chi connectivity index (χ2v) is 8.40. The highest BCUT2D eigenvalue weighted by Crippen LogP contribution is 2.19. The number of carbonyl (C=O) groups is 1. The number of aryl methyl sites for hydroxylation is 1. The molecule has 0 aliphatic carbocycles. The normalized spacial score (nSPS) is 11.3. The molecule has 188 valence electrons. The molecule has 1 N–H and O–H groups in total. The summed E-state index contributed by atoms with van der Waals surface area (Å²) >= 11 is 0. The van der Waals surface area contributed by atoms with Gasteiger partial charge in [-0.3, -0.25) is 14.9 Å². The van der Waals surface area contributed by atoms with Crippen molar-refractivity contribution < 1.29 is 14.3 Å². The van der Waals surface area contributed by atoms with Gasteiger partial charge >= 0.3 is 5.97 Å². The maximum absolute atomic E-state index is 12.8. The van der Waals surface area contributed by atoms with E-state index in [4.69, 9.17) is 9.47 Å². The number of H-pyrrole nitrogens is 1. The Bertz CT molecular complexity index is 1430. The highest BCUT2D eigenvalue weighted by Gasteiger charge is 2.10. The van der Waals surface area contributed by atoms with Crippen LogP contribution in [-0.2, 0) is 4.79 Å². The molecule has 0 fully saturated rings. The molecule has 0 amide bonds. The minimum Gasteiger partial charge on any atom is -0.494 e. The average molecular weight is 496 g/mol. The third-order valence-corrected chi connectivity index (χ3v) is 5.59. The molecule has 0 bridgehead atoms. The summed E-state index contributed by atoms with van der Waals surface area (Å²) in [5.41, 5.74) is 3.27. The number of hydrogen-bond acceptors (Lipinski definition) is 5. The lowest BCUT2D eigenvalue weighted by molar-refractivity contribution is -0.128. The van der Waals surface area contributed by atoms with Crippen molar-refractivity contribution in [2.75, 3.05) is 6.61 Å². The molecule has 0 saturated carbocycles. The van der Waals surface area contributed by atoms with Crippen molar-refractivity contribution in [1.29, 1.82) is 0 Å². The van der Waals surface area contributed by atoms with E-state index in [2.05, 4.69) is 17.0 Å². The fourth-order valence-corrected chi connectivity index (χ4v) is 3.53. The zero-order valence-corrected chi connectivity index (χ0v) is 20.9. The molecule has 0 spiro atoms. The zero-order valence-electron chi connectivity index (χ0n) is 20.9. The smallest absolute Gasteiger partial charge is 0.336 e. The van der Waals surface area contributed by atoms with Gasteiger partial charge in [0.15, 0.2) is 0 Å². The van der Waals surface area contributed by atoms with Crippen molar-refractivity contribution in [1.82, 2.24) is 9.78 Å². The van der Waals surface area contributed by atoms with Gasteiger partial charge in [0.05, 0.1) is 23.5 Å². The third kappa shape index (κ3) is 6.95. The number of ether oxygens (including phenoxy) is 2. The van der Waals surface area contributed by atoms with E-state index in [0.29, 0.717) is 29.3 Å². The molecule has 4 aromatic rings. The molecule has 7 nitrogen and oxygen atoms in total. The van der Waals surface area contributed by atoms with E-state index in [1.165, 1.54) is 17.0 Å². The molecular weight excluding hydrogens is 466 g/mol. The van der Waals surface area contributed by atoms with Crippen LogP contribution in [0, 0.1) is 6.92 Å². The minimum absolute atomic E-state index is 0.177. The molecule has 0 unspecified atom stereocenters. The van der Waals surface area contributed by atoms with Crippen LogP contribution in [0.25, 0.3) is 11.8 Å². The van der Waals surface area contributed by atoms with Crippen molar-refractivity contribution >= 4 is 23.9 Å². The largest absolute Gasteiger partial charge is 0.494 e. The van der Waals surface area contributed by atoms with Crippen LogP contribution in [0.1, 0.15) is 36.6 Å². The lowest BCUT2D eigenvalue weighted by Gasteiger charge is -2.05. The third-order valence-electron chi connectivity index (χ3n) is 5.59. The fraction of sp³-hybridized carbons (Fsp3) is 0.167. The zero-order chi connectivity index (χ0) is 26.0. The first-order valence-corrected chi connectivity index (χ1v) is 12.2. The molecule has 37 heavy (non-hydrogen) atoms. The van der Waals surface area contributed by atoms with Crippen LogP contribution in [0.3, 0.4) is 0 Å². The predicted octanol–water partition coefficient (Wildman–Crippen LogP) is 6.02. The highest BCUT2D eigenvalue weighted by atomic mass is 16.5. The van der Waals surface area contributed by atoms with Crippen LogP contribution in [-0.4, -0.2) is 28.6 Å². The fourth-order valence-electron chi connectivity index (χ4n) is 3.53. The molecule has 0 saturated heterocycles. The summed E-state index contributed by atoms with van der Waals surface area (Å²) in [5.74, 6) is 0.728. The number of unbranched alkanes of at least 4 members (excludes halogenated alkanes) is 1. The van der Waals surface area contributed by atoms with Gasteiger partial charge in [-0.1, -0.05) is 43.7 Å². The molecular formula is C30H29N3O4. The molecule has 0 atom stereocenters. The lowest BCUT2D eigenvalue weighted by Crippen LogP contribution is -2.17. The topological polar surface area (TPSA) is 85.7 Å². The summed E-state index contributed by atoms with van der Waals surface area (Å²) in [6.45, 7) is 4.64. The molecule has 7 heteroatoms. The van der Waals surface area contributed by atoms with Crippen LogP contribution >= 0.6 is 0 Å². The molecule has 1 heterocycles. The van der Waals surface area contributed by atoms with Gasteiger partial charge in [0.1, 0.15) is 11.5 Å². The van der Waals surface area contributed by atoms with Gasteiger partial charge < -0.3 is 9.47 Å². The second-order valence-electron chi connectivity index (χ2n) is 8.40. The number of nitrogens with zero attached hydrogens (tertiary/aromatic N) is 2. The SMILES string of the molecule is CCCCOc1ccc(/C=C/C(=O)Oc2ccc(N=Cc3c(C)[nH]n(-c4ccccc4)c3=O)cc2)cc1. The van der Waals surface area contributed by atoms with Crippen LogP contribution < -0.4 is 15.0 Å². The Morgan fingerprint density at radius 1 is 0.973 bits per heavy atom. The van der Waals surface area contributed by atoms with Crippen molar-refractivity contribution in [2.45, 2.75) is 26.7 Å². The van der Waals surface area contributed by atoms with E-state index >= 15 is 0 Å². The van der Waals surface area contributed by atoms with Gasteiger partial charge in [0.2, 0.25) is 0 Å². The van der Waals surface area contributed by atoms with E-state index in [1.54, 1.807) is 30.3 Å². The van der Waals surface area contributed by atoms with Crippen molar-refractivity contribution in [3.05, 3.63) is 112 Å². The second kappa shape index (κ2) is 12.4. The summed E-state index contributed by atoms with van der Waals surface area (Å²) in [6.07, 6.45) is 6.72. The monoisotopic (exact) mass is 495 g/mol. The summed E-state index contributed by atoms with van der Waals surface area (Å²) < 4.78 is 12.5. The molecule has 0 aliphatic rings. The number of rotatable bonds is 10. The number of aromatic amines is 1. The predicted molar refractivity (Wildman–Crippen MR) is 146 cm³/mol. The molecule has 4 rings (SSSR count). The maximum Gasteiger partial charge on any atom is 0.336 e. The summed E-state index contributed by atoms with van der Waals surface area (Å²) in [5, 5.41) is 3.08. The van der Waals surface area contributed by atoms with E-state index in [-0.39, 0.29) is 5.56 Å². The van der Waals surface area contributed by atoms with Gasteiger partial charge in [0.25, 0.3) is 5.56 Å². The van der Waals surface area contributed by atoms with Crippen molar-refractivity contribution in [3.8, 4) is 17.2 Å². The Hall–Kier alpha value is -4.65. The summed E-state index contributed by atoms with van der Waals surface area (Å²) in [4.78, 5) is 29.4. The number of aliphatic imine (C=N–C) groups is 1. The van der Waals surface area contributed by atoms with Gasteiger partial charge in [-0.15, -0.1) is 0 Å². The number of esters is 1. The number of hydrogen-bond donors (Lipinski definition) is 1. The first-order chi connectivity index (χ1) is 18.0. The van der Waals surface area contributed by atoms with Crippen molar-refractivity contribution in [3.63, 3.8) is 0 Å². The van der Waals surface area contributed by atoms with E-state index in [9.17, 15) is 9.59 Å². The number of carbonyl (C=O) groups excluding carboxylic acids is 1. The van der Waals surface area contributed by atoms with Crippen LogP contribution in [0.5, 0.6) is 11.5 Å². The van der Waals surface area contributed by atoms with E-state index in [1.807, 2.05) is 61.5 Å². The van der Waals surface area contributed by atoms with E-state index in [0.717, 1.165) is 29.8 Å². The molecule has 0 radical (unpaired) electrons. The van der Waals surface area contributed by atoms with E-state index < -0.39 is 5.97 Å². The number of benzene rings is 3. The van der Waals surface area contributed by atoms with Crippen LogP contribution in [0.4, 0.5) is 5.69 Å². The Morgan fingerprint density at radius 3 is 2.38 bits per heavy atom. The average Bonchev–Trinajstić information content (AvgIpc) is 3.21. The number of aromatic nitrogens is 2. The van der Waals surface area contributed by atoms with Gasteiger partial charge in [-0.05, 0) is 73.5 Å². The Balaban J connectivity index is 1.34.